The van der Waals surface area contributed by atoms with Gasteiger partial charge in [-0.3, -0.25) is 9.59 Å². The largest absolute Gasteiger partial charge is 0.466 e. The van der Waals surface area contributed by atoms with E-state index in [-0.39, 0.29) is 30.1 Å². The van der Waals surface area contributed by atoms with Gasteiger partial charge in [0.25, 0.3) is 0 Å². The van der Waals surface area contributed by atoms with Crippen LogP contribution in [0.2, 0.25) is 0 Å². The monoisotopic (exact) mass is 446 g/mol. The molecule has 3 aliphatic rings. The van der Waals surface area contributed by atoms with Crippen molar-refractivity contribution in [2.45, 2.75) is 110 Å². The second-order valence-corrected chi connectivity index (χ2v) is 10.2. The van der Waals surface area contributed by atoms with Gasteiger partial charge in [0.2, 0.25) is 0 Å². The van der Waals surface area contributed by atoms with E-state index >= 15 is 0 Å². The normalized spacial score (nSPS) is 32.9. The van der Waals surface area contributed by atoms with Gasteiger partial charge in [0, 0.05) is 25.2 Å². The van der Waals surface area contributed by atoms with Gasteiger partial charge in [0.15, 0.2) is 0 Å². The molecule has 0 aromatic carbocycles. The first-order chi connectivity index (χ1) is 15.5. The highest BCUT2D eigenvalue weighted by Gasteiger charge is 2.30. The summed E-state index contributed by atoms with van der Waals surface area (Å²) in [6, 6.07) is 0. The van der Waals surface area contributed by atoms with E-state index in [4.69, 9.17) is 14.2 Å². The molecular formula is C27H42O5. The molecule has 32 heavy (non-hydrogen) atoms. The maximum Gasteiger partial charge on any atom is 0.309 e. The molecule has 5 heteroatoms. The predicted octanol–water partition coefficient (Wildman–Crippen LogP) is 5.45. The van der Waals surface area contributed by atoms with Crippen molar-refractivity contribution in [2.75, 3.05) is 13.2 Å². The number of carbonyl (C=O) groups excluding carboxylic acids is 2. The zero-order valence-corrected chi connectivity index (χ0v) is 20.1. The molecule has 5 nitrogen and oxygen atoms in total. The molecule has 0 unspecified atom stereocenters. The predicted molar refractivity (Wildman–Crippen MR) is 124 cm³/mol. The van der Waals surface area contributed by atoms with E-state index in [0.717, 1.165) is 57.3 Å². The summed E-state index contributed by atoms with van der Waals surface area (Å²) in [5, 5.41) is 0. The fraction of sp³-hybridized carbons (Fsp3) is 0.852. The summed E-state index contributed by atoms with van der Waals surface area (Å²) < 4.78 is 16.7. The van der Waals surface area contributed by atoms with E-state index in [1.807, 2.05) is 0 Å². The Morgan fingerprint density at radius 1 is 0.750 bits per heavy atom. The molecule has 3 rings (SSSR count). The van der Waals surface area contributed by atoms with Gasteiger partial charge < -0.3 is 14.2 Å². The van der Waals surface area contributed by atoms with Gasteiger partial charge in [-0.2, -0.15) is 0 Å². The third kappa shape index (κ3) is 8.77. The summed E-state index contributed by atoms with van der Waals surface area (Å²) >= 11 is 0. The van der Waals surface area contributed by atoms with Crippen LogP contribution >= 0.6 is 0 Å². The van der Waals surface area contributed by atoms with Crippen molar-refractivity contribution in [3.63, 3.8) is 0 Å². The second-order valence-electron chi connectivity index (χ2n) is 10.2. The Hall–Kier alpha value is -1.54. The molecule has 3 saturated carbocycles. The molecule has 3 fully saturated rings. The van der Waals surface area contributed by atoms with Crippen LogP contribution in [0.25, 0.3) is 0 Å². The van der Waals surface area contributed by atoms with Crippen LogP contribution in [0.5, 0.6) is 0 Å². The van der Waals surface area contributed by atoms with Crippen LogP contribution in [0.1, 0.15) is 97.3 Å². The Labute approximate surface area is 194 Å². The van der Waals surface area contributed by atoms with Crippen molar-refractivity contribution in [3.05, 3.63) is 0 Å². The first kappa shape index (κ1) is 25.1. The fourth-order valence-electron chi connectivity index (χ4n) is 5.22. The molecule has 0 atom stereocenters. The highest BCUT2D eigenvalue weighted by molar-refractivity contribution is 5.72. The van der Waals surface area contributed by atoms with Gasteiger partial charge in [0.1, 0.15) is 6.10 Å². The van der Waals surface area contributed by atoms with Crippen LogP contribution in [0.3, 0.4) is 0 Å². The molecule has 0 aromatic rings. The van der Waals surface area contributed by atoms with E-state index in [2.05, 4.69) is 18.8 Å². The molecule has 0 amide bonds. The lowest BCUT2D eigenvalue weighted by Crippen LogP contribution is -2.31. The minimum absolute atomic E-state index is 0.0100. The Balaban J connectivity index is 1.27. The van der Waals surface area contributed by atoms with E-state index in [1.165, 1.54) is 32.6 Å². The SMILES string of the molecule is CC(=O)OCCCOC1CCC(C(=O)OC2CCC(C#CC3CCC(C)CC3)CC2)CC1. The first-order valence-electron chi connectivity index (χ1n) is 13.0. The van der Waals surface area contributed by atoms with E-state index < -0.39 is 0 Å². The summed E-state index contributed by atoms with van der Waals surface area (Å²) in [5.74, 6) is 8.83. The molecule has 180 valence electrons. The van der Waals surface area contributed by atoms with Crippen LogP contribution in [0.4, 0.5) is 0 Å². The molecule has 0 aliphatic heterocycles. The average Bonchev–Trinajstić information content (AvgIpc) is 2.79. The van der Waals surface area contributed by atoms with Crippen molar-refractivity contribution in [1.82, 2.24) is 0 Å². The Morgan fingerprint density at radius 3 is 1.91 bits per heavy atom. The molecule has 0 heterocycles. The van der Waals surface area contributed by atoms with Gasteiger partial charge in [-0.25, -0.2) is 0 Å². The Morgan fingerprint density at radius 2 is 1.31 bits per heavy atom. The quantitative estimate of drug-likeness (QED) is 0.296. The highest BCUT2D eigenvalue weighted by atomic mass is 16.5. The molecule has 3 aliphatic carbocycles. The summed E-state index contributed by atoms with van der Waals surface area (Å²) in [6.45, 7) is 4.77. The molecule has 0 saturated heterocycles. The molecule has 0 bridgehead atoms. The zero-order valence-electron chi connectivity index (χ0n) is 20.1. The Kier molecular flexibility index (Phi) is 10.4. The van der Waals surface area contributed by atoms with Crippen molar-refractivity contribution in [2.24, 2.45) is 23.7 Å². The minimum Gasteiger partial charge on any atom is -0.466 e. The van der Waals surface area contributed by atoms with Gasteiger partial charge >= 0.3 is 11.9 Å². The standard InChI is InChI=1S/C27H42O5/c1-20-4-6-22(7-5-20)8-9-23-10-14-26(15-11-23)32-27(29)24-12-16-25(17-13-24)31-19-3-18-30-21(2)28/h20,22-26H,3-7,10-19H2,1-2H3. The van der Waals surface area contributed by atoms with Crippen LogP contribution in [0.15, 0.2) is 0 Å². The lowest BCUT2D eigenvalue weighted by atomic mass is 9.82. The number of rotatable bonds is 7. The maximum absolute atomic E-state index is 12.6. The Bertz CT molecular complexity index is 639. The highest BCUT2D eigenvalue weighted by Crippen LogP contribution is 2.31. The third-order valence-electron chi connectivity index (χ3n) is 7.42. The van der Waals surface area contributed by atoms with Gasteiger partial charge in [-0.05, 0) is 83.0 Å². The van der Waals surface area contributed by atoms with Crippen molar-refractivity contribution >= 4 is 11.9 Å². The maximum atomic E-state index is 12.6. The summed E-state index contributed by atoms with van der Waals surface area (Å²) in [5.41, 5.74) is 0. The molecule has 0 radical (unpaired) electrons. The number of hydrogen-bond donors (Lipinski definition) is 0. The molecule has 0 aromatic heterocycles. The van der Waals surface area contributed by atoms with Crippen molar-refractivity contribution < 1.29 is 23.8 Å². The number of esters is 2. The number of carbonyl (C=O) groups is 2. The van der Waals surface area contributed by atoms with Crippen LogP contribution in [-0.2, 0) is 23.8 Å². The molecular weight excluding hydrogens is 404 g/mol. The van der Waals surface area contributed by atoms with Crippen LogP contribution < -0.4 is 0 Å². The van der Waals surface area contributed by atoms with Crippen molar-refractivity contribution in [3.8, 4) is 11.8 Å². The zero-order chi connectivity index (χ0) is 22.8. The molecule has 0 N–H and O–H groups in total. The minimum atomic E-state index is -0.250. The van der Waals surface area contributed by atoms with Gasteiger partial charge in [-0.1, -0.05) is 18.8 Å². The lowest BCUT2D eigenvalue weighted by molar-refractivity contribution is -0.158. The van der Waals surface area contributed by atoms with E-state index in [1.54, 1.807) is 0 Å². The average molecular weight is 447 g/mol. The van der Waals surface area contributed by atoms with Gasteiger partial charge in [-0.15, -0.1) is 0 Å². The van der Waals surface area contributed by atoms with Crippen LogP contribution in [-0.4, -0.2) is 37.4 Å². The summed E-state index contributed by atoms with van der Waals surface area (Å²) in [4.78, 5) is 23.4. The lowest BCUT2D eigenvalue weighted by Gasteiger charge is -2.30. The fourth-order valence-corrected chi connectivity index (χ4v) is 5.22. The van der Waals surface area contributed by atoms with E-state index in [0.29, 0.717) is 31.5 Å². The van der Waals surface area contributed by atoms with Crippen LogP contribution in [0, 0.1) is 35.5 Å². The van der Waals surface area contributed by atoms with E-state index in [9.17, 15) is 9.59 Å². The smallest absolute Gasteiger partial charge is 0.309 e. The molecule has 0 spiro atoms. The van der Waals surface area contributed by atoms with Gasteiger partial charge in [0.05, 0.1) is 25.2 Å². The summed E-state index contributed by atoms with van der Waals surface area (Å²) in [6.07, 6.45) is 13.7. The van der Waals surface area contributed by atoms with Crippen molar-refractivity contribution in [1.29, 1.82) is 0 Å². The number of ether oxygens (including phenoxy) is 3. The second kappa shape index (κ2) is 13.2. The third-order valence-corrected chi connectivity index (χ3v) is 7.42. The first-order valence-corrected chi connectivity index (χ1v) is 13.0. The number of hydrogen-bond acceptors (Lipinski definition) is 5. The topological polar surface area (TPSA) is 61.8 Å². The summed E-state index contributed by atoms with van der Waals surface area (Å²) in [7, 11) is 0.